The first-order valence-corrected chi connectivity index (χ1v) is 15.6. The van der Waals surface area contributed by atoms with Crippen molar-refractivity contribution >= 4 is 29.5 Å². The van der Waals surface area contributed by atoms with E-state index in [9.17, 15) is 24.6 Å². The molecule has 1 aliphatic carbocycles. The standard InChI is InChI=1S/C33H38N4O5S/c1-20-22(12-7-16-27(20)38)30(40)36-26(18-21-10-5-4-6-11-21)28(39)32(42)37-19-43-33(2,3)29(37)31(41)35-25-15-8-14-24-23(25)13-9-17-34-24/h4-7,9-13,16-17,25-26,28-29,38-39H,8,14-15,18-19H2,1-3H3,(H,35,41)(H,36,40)/t25-,26+,28+,29-/m1/s1. The number of aromatic nitrogens is 1. The Bertz CT molecular complexity index is 1500. The quantitative estimate of drug-likeness (QED) is 0.309. The normalized spacial score (nSPS) is 20.5. The van der Waals surface area contributed by atoms with Crippen molar-refractivity contribution in [1.29, 1.82) is 0 Å². The predicted octanol–water partition coefficient (Wildman–Crippen LogP) is 3.67. The fourth-order valence-electron chi connectivity index (χ4n) is 5.99. The molecular formula is C33H38N4O5S. The van der Waals surface area contributed by atoms with Crippen LogP contribution in [0.2, 0.25) is 0 Å². The van der Waals surface area contributed by atoms with Crippen molar-refractivity contribution in [2.45, 2.75) is 75.4 Å². The molecule has 9 nitrogen and oxygen atoms in total. The van der Waals surface area contributed by atoms with Crippen molar-refractivity contribution in [2.75, 3.05) is 5.88 Å². The van der Waals surface area contributed by atoms with Crippen LogP contribution in [0.5, 0.6) is 5.75 Å². The summed E-state index contributed by atoms with van der Waals surface area (Å²) in [5.41, 5.74) is 3.44. The lowest BCUT2D eigenvalue weighted by molar-refractivity contribution is -0.147. The molecule has 43 heavy (non-hydrogen) atoms. The molecule has 0 bridgehead atoms. The van der Waals surface area contributed by atoms with Crippen LogP contribution in [0.25, 0.3) is 0 Å². The monoisotopic (exact) mass is 602 g/mol. The van der Waals surface area contributed by atoms with E-state index in [1.807, 2.05) is 56.3 Å². The Morgan fingerprint density at radius 1 is 1.09 bits per heavy atom. The summed E-state index contributed by atoms with van der Waals surface area (Å²) in [4.78, 5) is 47.1. The number of carbonyl (C=O) groups is 3. The molecule has 0 unspecified atom stereocenters. The number of rotatable bonds is 8. The number of pyridine rings is 1. The molecule has 2 aromatic carbocycles. The van der Waals surface area contributed by atoms with E-state index in [0.29, 0.717) is 5.56 Å². The number of hydrogen-bond donors (Lipinski definition) is 4. The molecule has 5 rings (SSSR count). The maximum absolute atomic E-state index is 14.0. The van der Waals surface area contributed by atoms with Crippen LogP contribution in [0.1, 0.15) is 65.5 Å². The van der Waals surface area contributed by atoms with Crippen molar-refractivity contribution < 1.29 is 24.6 Å². The number of phenols is 1. The maximum Gasteiger partial charge on any atom is 0.254 e. The minimum absolute atomic E-state index is 0.0227. The van der Waals surface area contributed by atoms with E-state index in [-0.39, 0.29) is 35.6 Å². The van der Waals surface area contributed by atoms with Crippen molar-refractivity contribution in [3.8, 4) is 5.75 Å². The molecule has 0 radical (unpaired) electrons. The number of nitrogens with one attached hydrogen (secondary N) is 2. The molecule has 10 heteroatoms. The number of phenolic OH excluding ortho intramolecular Hbond substituents is 1. The van der Waals surface area contributed by atoms with E-state index in [0.717, 1.165) is 36.1 Å². The SMILES string of the molecule is Cc1c(O)cccc1C(=O)N[C@@H](Cc1ccccc1)[C@H](O)C(=O)N1CSC(C)(C)[C@H]1C(=O)N[C@@H]1CCCc2ncccc21. The first-order chi connectivity index (χ1) is 20.6. The van der Waals surface area contributed by atoms with Gasteiger partial charge in [-0.15, -0.1) is 11.8 Å². The van der Waals surface area contributed by atoms with Crippen molar-refractivity contribution in [1.82, 2.24) is 20.5 Å². The number of fused-ring (bicyclic) bond motifs is 1. The van der Waals surface area contributed by atoms with Crippen molar-refractivity contribution in [3.05, 3.63) is 94.8 Å². The van der Waals surface area contributed by atoms with E-state index in [2.05, 4.69) is 15.6 Å². The van der Waals surface area contributed by atoms with Gasteiger partial charge in [-0.3, -0.25) is 19.4 Å². The summed E-state index contributed by atoms with van der Waals surface area (Å²) < 4.78 is -0.608. The zero-order chi connectivity index (χ0) is 30.7. The minimum Gasteiger partial charge on any atom is -0.508 e. The summed E-state index contributed by atoms with van der Waals surface area (Å²) >= 11 is 1.47. The molecule has 226 valence electrons. The lowest BCUT2D eigenvalue weighted by Crippen LogP contribution is -2.59. The molecule has 1 aromatic heterocycles. The molecule has 2 heterocycles. The zero-order valence-corrected chi connectivity index (χ0v) is 25.4. The average molecular weight is 603 g/mol. The van der Waals surface area contributed by atoms with Gasteiger partial charge in [0.2, 0.25) is 5.91 Å². The number of aryl methyl sites for hydroxylation is 1. The summed E-state index contributed by atoms with van der Waals surface area (Å²) in [6.07, 6.45) is 2.87. The zero-order valence-electron chi connectivity index (χ0n) is 24.6. The predicted molar refractivity (Wildman–Crippen MR) is 165 cm³/mol. The van der Waals surface area contributed by atoms with E-state index in [1.165, 1.54) is 22.7 Å². The summed E-state index contributed by atoms with van der Waals surface area (Å²) in [7, 11) is 0. The Morgan fingerprint density at radius 2 is 1.86 bits per heavy atom. The van der Waals surface area contributed by atoms with Crippen LogP contribution in [0, 0.1) is 6.92 Å². The number of nitrogens with zero attached hydrogens (tertiary/aromatic N) is 2. The minimum atomic E-state index is -1.62. The number of amides is 3. The number of hydrogen-bond acceptors (Lipinski definition) is 7. The molecule has 4 N–H and O–H groups in total. The molecule has 3 aromatic rings. The average Bonchev–Trinajstić information content (AvgIpc) is 3.32. The Hall–Kier alpha value is -3.89. The van der Waals surface area contributed by atoms with Crippen LogP contribution in [0.15, 0.2) is 66.9 Å². The van der Waals surface area contributed by atoms with Crippen LogP contribution in [-0.4, -0.2) is 66.6 Å². The smallest absolute Gasteiger partial charge is 0.254 e. The Balaban J connectivity index is 1.38. The van der Waals surface area contributed by atoms with Gasteiger partial charge in [0.05, 0.1) is 18.0 Å². The molecule has 3 amide bonds. The first-order valence-electron chi connectivity index (χ1n) is 14.6. The fraction of sp³-hybridized carbons (Fsp3) is 0.394. The van der Waals surface area contributed by atoms with E-state index < -0.39 is 34.7 Å². The number of aromatic hydroxyl groups is 1. The second-order valence-corrected chi connectivity index (χ2v) is 13.3. The third kappa shape index (κ3) is 6.55. The van der Waals surface area contributed by atoms with Gasteiger partial charge in [-0.2, -0.15) is 0 Å². The Morgan fingerprint density at radius 3 is 2.63 bits per heavy atom. The third-order valence-electron chi connectivity index (χ3n) is 8.40. The summed E-state index contributed by atoms with van der Waals surface area (Å²) in [5.74, 6) is -1.22. The number of aliphatic hydroxyl groups is 1. The Labute approximate surface area is 256 Å². The molecule has 0 saturated carbocycles. The highest BCUT2D eigenvalue weighted by atomic mass is 32.2. The summed E-state index contributed by atoms with van der Waals surface area (Å²) in [6.45, 7) is 5.48. The number of carbonyl (C=O) groups excluding carboxylic acids is 3. The van der Waals surface area contributed by atoms with Gasteiger partial charge < -0.3 is 25.7 Å². The van der Waals surface area contributed by atoms with Gasteiger partial charge in [-0.25, -0.2) is 0 Å². The summed E-state index contributed by atoms with van der Waals surface area (Å²) in [6, 6.07) is 15.7. The Kier molecular flexibility index (Phi) is 9.08. The molecule has 1 fully saturated rings. The van der Waals surface area contributed by atoms with Crippen molar-refractivity contribution in [3.63, 3.8) is 0 Å². The molecule has 2 aliphatic rings. The highest BCUT2D eigenvalue weighted by Gasteiger charge is 2.50. The second kappa shape index (κ2) is 12.8. The molecule has 1 saturated heterocycles. The van der Waals surface area contributed by atoms with Crippen LogP contribution >= 0.6 is 11.8 Å². The van der Waals surface area contributed by atoms with Crippen LogP contribution in [0.3, 0.4) is 0 Å². The van der Waals surface area contributed by atoms with Gasteiger partial charge in [-0.1, -0.05) is 42.5 Å². The lowest BCUT2D eigenvalue weighted by Gasteiger charge is -2.35. The maximum atomic E-state index is 14.0. The largest absolute Gasteiger partial charge is 0.508 e. The van der Waals surface area contributed by atoms with E-state index in [1.54, 1.807) is 25.3 Å². The molecule has 4 atom stereocenters. The van der Waals surface area contributed by atoms with Gasteiger partial charge in [0.15, 0.2) is 6.10 Å². The third-order valence-corrected chi connectivity index (χ3v) is 9.77. The van der Waals surface area contributed by atoms with Gasteiger partial charge in [-0.05, 0) is 75.8 Å². The number of thioether (sulfide) groups is 1. The fourth-order valence-corrected chi connectivity index (χ4v) is 7.13. The number of aliphatic hydroxyl groups excluding tert-OH is 1. The number of benzene rings is 2. The first kappa shape index (κ1) is 30.6. The highest BCUT2D eigenvalue weighted by Crippen LogP contribution is 2.40. The van der Waals surface area contributed by atoms with Crippen LogP contribution in [0.4, 0.5) is 0 Å². The molecule has 0 spiro atoms. The highest BCUT2D eigenvalue weighted by molar-refractivity contribution is 8.00. The van der Waals surface area contributed by atoms with Gasteiger partial charge in [0.1, 0.15) is 11.8 Å². The van der Waals surface area contributed by atoms with Crippen LogP contribution < -0.4 is 10.6 Å². The molecular weight excluding hydrogens is 564 g/mol. The van der Waals surface area contributed by atoms with E-state index >= 15 is 0 Å². The summed E-state index contributed by atoms with van der Waals surface area (Å²) in [5, 5.41) is 27.7. The topological polar surface area (TPSA) is 132 Å². The van der Waals surface area contributed by atoms with Crippen molar-refractivity contribution in [2.24, 2.45) is 0 Å². The van der Waals surface area contributed by atoms with E-state index in [4.69, 9.17) is 0 Å². The van der Waals surface area contributed by atoms with Crippen LogP contribution in [-0.2, 0) is 22.4 Å². The van der Waals surface area contributed by atoms with Gasteiger partial charge >= 0.3 is 0 Å². The lowest BCUT2D eigenvalue weighted by atomic mass is 9.90. The molecule has 1 aliphatic heterocycles. The second-order valence-electron chi connectivity index (χ2n) is 11.7. The van der Waals surface area contributed by atoms with Gasteiger partial charge in [0, 0.05) is 27.8 Å². The van der Waals surface area contributed by atoms with Gasteiger partial charge in [0.25, 0.3) is 11.8 Å².